The smallest absolute Gasteiger partial charge is 0.308 e. The number of guanidine groups is 1. The molecule has 2 aliphatic heterocycles. The van der Waals surface area contributed by atoms with E-state index in [-0.39, 0.29) is 24.8 Å². The van der Waals surface area contributed by atoms with Gasteiger partial charge in [0.25, 0.3) is 0 Å². The normalized spacial score (nSPS) is 16.9. The lowest BCUT2D eigenvalue weighted by atomic mass is 9.95. The number of esters is 1. The lowest BCUT2D eigenvalue weighted by molar-refractivity contribution is -0.143. The van der Waals surface area contributed by atoms with Crippen LogP contribution in [0.25, 0.3) is 32.6 Å². The second kappa shape index (κ2) is 12.4. The Kier molecular flexibility index (Phi) is 7.99. The van der Waals surface area contributed by atoms with E-state index < -0.39 is 6.04 Å². The zero-order valence-corrected chi connectivity index (χ0v) is 26.0. The molecule has 1 atom stereocenters. The van der Waals surface area contributed by atoms with Crippen LogP contribution in [-0.4, -0.2) is 71.8 Å². The van der Waals surface area contributed by atoms with Gasteiger partial charge in [-0.15, -0.1) is 21.5 Å². The quantitative estimate of drug-likeness (QED) is 0.191. The molecule has 0 N–H and O–H groups in total. The first kappa shape index (κ1) is 29.1. The van der Waals surface area contributed by atoms with Crippen molar-refractivity contribution in [2.45, 2.75) is 19.4 Å². The van der Waals surface area contributed by atoms with E-state index in [4.69, 9.17) is 19.9 Å². The molecule has 2 aromatic heterocycles. The summed E-state index contributed by atoms with van der Waals surface area (Å²) in [6.45, 7) is 5.36. The van der Waals surface area contributed by atoms with Crippen LogP contribution in [-0.2, 0) is 9.53 Å². The van der Waals surface area contributed by atoms with Gasteiger partial charge in [0.2, 0.25) is 5.96 Å². The molecular formula is C35H33FN6O2S. The number of thiophene rings is 1. The lowest BCUT2D eigenvalue weighted by Crippen LogP contribution is -2.54. The van der Waals surface area contributed by atoms with Gasteiger partial charge < -0.3 is 19.4 Å². The minimum Gasteiger partial charge on any atom is -0.466 e. The van der Waals surface area contributed by atoms with Crippen LogP contribution in [0.5, 0.6) is 0 Å². The van der Waals surface area contributed by atoms with Crippen LogP contribution in [0, 0.1) is 5.82 Å². The topological polar surface area (TPSA) is 74.2 Å². The molecule has 4 heterocycles. The molecule has 2 aliphatic rings. The van der Waals surface area contributed by atoms with Crippen molar-refractivity contribution in [2.24, 2.45) is 4.99 Å². The fourth-order valence-corrected chi connectivity index (χ4v) is 7.27. The Morgan fingerprint density at radius 3 is 2.24 bits per heavy atom. The molecule has 10 heteroatoms. The van der Waals surface area contributed by atoms with Crippen molar-refractivity contribution >= 4 is 44.9 Å². The van der Waals surface area contributed by atoms with Gasteiger partial charge in [-0.2, -0.15) is 0 Å². The third-order valence-electron chi connectivity index (χ3n) is 8.33. The number of rotatable bonds is 6. The van der Waals surface area contributed by atoms with Crippen LogP contribution in [0.4, 0.5) is 15.8 Å². The molecule has 7 rings (SSSR count). The molecule has 3 aromatic carbocycles. The second-order valence-corrected chi connectivity index (χ2v) is 12.3. The number of halogens is 1. The van der Waals surface area contributed by atoms with E-state index in [2.05, 4.69) is 33.9 Å². The number of aromatic nitrogens is 2. The highest BCUT2D eigenvalue weighted by molar-refractivity contribution is 7.19. The van der Waals surface area contributed by atoms with E-state index in [9.17, 15) is 9.18 Å². The summed E-state index contributed by atoms with van der Waals surface area (Å²) in [4.78, 5) is 26.9. The minimum absolute atomic E-state index is 0.0947. The van der Waals surface area contributed by atoms with Gasteiger partial charge in [-0.3, -0.25) is 4.79 Å². The lowest BCUT2D eigenvalue weighted by Gasteiger charge is -2.43. The van der Waals surface area contributed by atoms with Crippen molar-refractivity contribution in [3.05, 3.63) is 95.6 Å². The summed E-state index contributed by atoms with van der Waals surface area (Å²) in [5.41, 5.74) is 5.25. The zero-order chi connectivity index (χ0) is 30.9. The number of anilines is 1. The Balaban J connectivity index is 1.52. The number of aliphatic imine (C=N–C) groups is 1. The van der Waals surface area contributed by atoms with Crippen molar-refractivity contribution in [1.82, 2.24) is 20.0 Å². The van der Waals surface area contributed by atoms with E-state index in [1.165, 1.54) is 23.5 Å². The van der Waals surface area contributed by atoms with Gasteiger partial charge in [0.1, 0.15) is 16.3 Å². The number of carbonyl (C=O) groups excluding carboxylic acids is 1. The van der Waals surface area contributed by atoms with Crippen LogP contribution >= 0.6 is 11.3 Å². The molecule has 228 valence electrons. The SMILES string of the molecule is CCOC(=O)CC1c2sc3nnc(-c4ccccc4)c(-c4ccccc4)c3c2N=C(N2CCN(C)CC2)N1c1ccc(F)cc1. The number of hydrogen-bond donors (Lipinski definition) is 0. The standard InChI is InChI=1S/C35H33FN6O2S/c1-3-44-28(43)22-27-33-32(37-35(41-20-18-40(2)19-21-41)42(27)26-16-14-25(36)15-17-26)30-29(23-10-6-4-7-11-23)31(38-39-34(30)45-33)24-12-8-5-9-13-24/h4-17,27H,3,18-22H2,1-2H3. The van der Waals surface area contributed by atoms with Crippen LogP contribution in [0.1, 0.15) is 24.3 Å². The Labute approximate surface area is 265 Å². The van der Waals surface area contributed by atoms with Gasteiger partial charge in [-0.1, -0.05) is 60.7 Å². The Morgan fingerprint density at radius 2 is 1.58 bits per heavy atom. The predicted octanol–water partition coefficient (Wildman–Crippen LogP) is 6.91. The molecule has 0 spiro atoms. The van der Waals surface area contributed by atoms with Gasteiger partial charge >= 0.3 is 5.97 Å². The fourth-order valence-electron chi connectivity index (χ4n) is 6.11. The Morgan fingerprint density at radius 1 is 0.911 bits per heavy atom. The molecule has 0 amide bonds. The van der Waals surface area contributed by atoms with Crippen molar-refractivity contribution in [2.75, 3.05) is 44.7 Å². The molecule has 0 aliphatic carbocycles. The number of nitrogens with zero attached hydrogens (tertiary/aromatic N) is 6. The predicted molar refractivity (Wildman–Crippen MR) is 177 cm³/mol. The molecule has 5 aromatic rings. The maximum Gasteiger partial charge on any atom is 0.308 e. The van der Waals surface area contributed by atoms with E-state index >= 15 is 0 Å². The third-order valence-corrected chi connectivity index (χ3v) is 9.49. The number of fused-ring (bicyclic) bond motifs is 3. The first-order chi connectivity index (χ1) is 22.0. The zero-order valence-electron chi connectivity index (χ0n) is 25.2. The van der Waals surface area contributed by atoms with Gasteiger partial charge in [0, 0.05) is 48.4 Å². The number of benzene rings is 3. The molecule has 0 radical (unpaired) electrons. The Hall–Kier alpha value is -4.67. The summed E-state index contributed by atoms with van der Waals surface area (Å²) in [6.07, 6.45) is 0.0947. The minimum atomic E-state index is -0.445. The highest BCUT2D eigenvalue weighted by Crippen LogP contribution is 2.52. The van der Waals surface area contributed by atoms with E-state index in [0.29, 0.717) is 0 Å². The first-order valence-corrected chi connectivity index (χ1v) is 16.0. The monoisotopic (exact) mass is 620 g/mol. The summed E-state index contributed by atoms with van der Waals surface area (Å²) < 4.78 is 19.7. The van der Waals surface area contributed by atoms with Gasteiger partial charge in [0.05, 0.1) is 29.6 Å². The molecule has 0 bridgehead atoms. The molecule has 1 unspecified atom stereocenters. The largest absolute Gasteiger partial charge is 0.466 e. The average Bonchev–Trinajstić information content (AvgIpc) is 3.45. The van der Waals surface area contributed by atoms with Crippen LogP contribution in [0.2, 0.25) is 0 Å². The van der Waals surface area contributed by atoms with Crippen molar-refractivity contribution in [3.63, 3.8) is 0 Å². The summed E-state index contributed by atoms with van der Waals surface area (Å²) in [7, 11) is 2.11. The number of hydrogen-bond acceptors (Lipinski definition) is 9. The van der Waals surface area contributed by atoms with Gasteiger partial charge in [0.15, 0.2) is 0 Å². The molecule has 8 nitrogen and oxygen atoms in total. The van der Waals surface area contributed by atoms with Crippen molar-refractivity contribution in [3.8, 4) is 22.4 Å². The van der Waals surface area contributed by atoms with E-state index in [0.717, 1.165) is 81.0 Å². The van der Waals surface area contributed by atoms with E-state index in [1.807, 2.05) is 55.5 Å². The van der Waals surface area contributed by atoms with Gasteiger partial charge in [-0.05, 0) is 43.8 Å². The molecule has 0 saturated carbocycles. The number of ether oxygens (including phenoxy) is 1. The first-order valence-electron chi connectivity index (χ1n) is 15.2. The highest BCUT2D eigenvalue weighted by atomic mass is 32.1. The van der Waals surface area contributed by atoms with Crippen LogP contribution in [0.3, 0.4) is 0 Å². The summed E-state index contributed by atoms with van der Waals surface area (Å²) in [5, 5.41) is 10.4. The molecule has 45 heavy (non-hydrogen) atoms. The van der Waals surface area contributed by atoms with Crippen molar-refractivity contribution in [1.29, 1.82) is 0 Å². The van der Waals surface area contributed by atoms with Crippen LogP contribution < -0.4 is 4.90 Å². The average molecular weight is 621 g/mol. The fraction of sp³-hybridized carbons (Fsp3) is 0.257. The third kappa shape index (κ3) is 5.55. The summed E-state index contributed by atoms with van der Waals surface area (Å²) >= 11 is 1.50. The highest BCUT2D eigenvalue weighted by Gasteiger charge is 2.39. The summed E-state index contributed by atoms with van der Waals surface area (Å²) in [5.74, 6) is 0.0971. The molecular weight excluding hydrogens is 587 g/mol. The second-order valence-electron chi connectivity index (χ2n) is 11.2. The number of piperazine rings is 1. The van der Waals surface area contributed by atoms with Crippen molar-refractivity contribution < 1.29 is 13.9 Å². The number of carbonyl (C=O) groups is 1. The Bertz CT molecular complexity index is 1850. The molecule has 1 saturated heterocycles. The maximum atomic E-state index is 14.2. The maximum absolute atomic E-state index is 14.2. The van der Waals surface area contributed by atoms with Crippen LogP contribution in [0.15, 0.2) is 89.9 Å². The van der Waals surface area contributed by atoms with Gasteiger partial charge in [-0.25, -0.2) is 9.38 Å². The number of likely N-dealkylation sites (N-methyl/N-ethyl adjacent to an activating group) is 1. The van der Waals surface area contributed by atoms with E-state index in [1.54, 1.807) is 12.1 Å². The molecule has 1 fully saturated rings. The summed E-state index contributed by atoms with van der Waals surface area (Å²) in [6, 6.07) is 26.2.